The smallest absolute Gasteiger partial charge is 0.261 e. The summed E-state index contributed by atoms with van der Waals surface area (Å²) in [5, 5.41) is 2.98. The van der Waals surface area contributed by atoms with E-state index in [4.69, 9.17) is 17.3 Å². The van der Waals surface area contributed by atoms with Crippen LogP contribution in [0.1, 0.15) is 50.9 Å². The number of benzene rings is 1. The van der Waals surface area contributed by atoms with Gasteiger partial charge in [0.1, 0.15) is 11.4 Å². The summed E-state index contributed by atoms with van der Waals surface area (Å²) in [6.45, 7) is 0. The Morgan fingerprint density at radius 1 is 1.28 bits per heavy atom. The molecule has 2 aromatic rings. The zero-order valence-electron chi connectivity index (χ0n) is 13.1. The predicted molar refractivity (Wildman–Crippen MR) is 90.1 cm³/mol. The van der Waals surface area contributed by atoms with Gasteiger partial charge in [0, 0.05) is 10.7 Å². The van der Waals surface area contributed by atoms with E-state index in [1.165, 1.54) is 18.2 Å². The van der Waals surface area contributed by atoms with Gasteiger partial charge < -0.3 is 16.0 Å². The van der Waals surface area contributed by atoms with Crippen LogP contribution in [0.3, 0.4) is 0 Å². The molecule has 0 spiro atoms. The molecular formula is C17H15ClFN3O3. The van der Waals surface area contributed by atoms with E-state index in [1.54, 1.807) is 0 Å². The average molecular weight is 364 g/mol. The third kappa shape index (κ3) is 3.41. The molecule has 3 rings (SSSR count). The molecule has 0 aliphatic heterocycles. The van der Waals surface area contributed by atoms with Crippen LogP contribution in [0.2, 0.25) is 5.02 Å². The summed E-state index contributed by atoms with van der Waals surface area (Å²) in [4.78, 5) is 38.3. The molecule has 1 aliphatic rings. The second-order valence-corrected chi connectivity index (χ2v) is 6.29. The molecule has 1 unspecified atom stereocenters. The van der Waals surface area contributed by atoms with E-state index < -0.39 is 29.2 Å². The molecule has 25 heavy (non-hydrogen) atoms. The predicted octanol–water partition coefficient (Wildman–Crippen LogP) is 2.07. The molecule has 4 N–H and O–H groups in total. The second-order valence-electron chi connectivity index (χ2n) is 5.85. The van der Waals surface area contributed by atoms with Crippen LogP contribution in [0, 0.1) is 5.82 Å². The van der Waals surface area contributed by atoms with E-state index in [-0.39, 0.29) is 16.1 Å². The molecule has 130 valence electrons. The number of pyridine rings is 1. The lowest BCUT2D eigenvalue weighted by Gasteiger charge is -2.26. The van der Waals surface area contributed by atoms with Gasteiger partial charge >= 0.3 is 0 Å². The van der Waals surface area contributed by atoms with Crippen molar-refractivity contribution >= 4 is 23.4 Å². The fraction of sp³-hybridized carbons (Fsp3) is 0.235. The molecular weight excluding hydrogens is 349 g/mol. The first kappa shape index (κ1) is 17.2. The highest BCUT2D eigenvalue weighted by Crippen LogP contribution is 2.29. The number of hydrogen-bond acceptors (Lipinski definition) is 3. The van der Waals surface area contributed by atoms with Gasteiger partial charge in [-0.3, -0.25) is 14.4 Å². The zero-order chi connectivity index (χ0) is 18.1. The lowest BCUT2D eigenvalue weighted by Crippen LogP contribution is -2.34. The number of fused-ring (bicyclic) bond motifs is 1. The highest BCUT2D eigenvalue weighted by atomic mass is 35.5. The van der Waals surface area contributed by atoms with Crippen LogP contribution in [-0.2, 0) is 6.42 Å². The summed E-state index contributed by atoms with van der Waals surface area (Å²) in [7, 11) is 0. The summed E-state index contributed by atoms with van der Waals surface area (Å²) in [6.07, 6.45) is 1.93. The van der Waals surface area contributed by atoms with Crippen LogP contribution in [0.15, 0.2) is 29.1 Å². The van der Waals surface area contributed by atoms with E-state index in [9.17, 15) is 18.8 Å². The molecule has 0 fully saturated rings. The molecule has 2 amide bonds. The van der Waals surface area contributed by atoms with Gasteiger partial charge in [0.25, 0.3) is 17.4 Å². The van der Waals surface area contributed by atoms with Gasteiger partial charge in [0.15, 0.2) is 0 Å². The van der Waals surface area contributed by atoms with Crippen molar-refractivity contribution in [3.05, 3.63) is 67.8 Å². The number of carbonyl (C=O) groups excluding carboxylic acids is 2. The molecule has 1 atom stereocenters. The first-order valence-corrected chi connectivity index (χ1v) is 8.06. The number of halogens is 2. The van der Waals surface area contributed by atoms with Gasteiger partial charge in [-0.25, -0.2) is 4.39 Å². The minimum atomic E-state index is -0.847. The maximum Gasteiger partial charge on any atom is 0.261 e. The van der Waals surface area contributed by atoms with E-state index in [2.05, 4.69) is 10.3 Å². The van der Waals surface area contributed by atoms with Gasteiger partial charge in [-0.2, -0.15) is 0 Å². The average Bonchev–Trinajstić information content (AvgIpc) is 2.56. The monoisotopic (exact) mass is 363 g/mol. The van der Waals surface area contributed by atoms with Crippen molar-refractivity contribution in [2.24, 2.45) is 5.73 Å². The molecule has 8 heteroatoms. The zero-order valence-corrected chi connectivity index (χ0v) is 13.8. The van der Waals surface area contributed by atoms with Crippen LogP contribution in [0.5, 0.6) is 0 Å². The third-order valence-corrected chi connectivity index (χ3v) is 4.43. The normalized spacial score (nSPS) is 16.2. The minimum absolute atomic E-state index is 0.167. The molecule has 0 saturated heterocycles. The Hall–Kier alpha value is -2.67. The topological polar surface area (TPSA) is 105 Å². The van der Waals surface area contributed by atoms with Crippen LogP contribution >= 0.6 is 11.6 Å². The number of aryl methyl sites for hydroxylation is 1. The number of carbonyl (C=O) groups is 2. The van der Waals surface area contributed by atoms with Gasteiger partial charge in [-0.15, -0.1) is 0 Å². The summed E-state index contributed by atoms with van der Waals surface area (Å²) in [6, 6.07) is 4.65. The first-order chi connectivity index (χ1) is 11.9. The Morgan fingerprint density at radius 3 is 2.76 bits per heavy atom. The summed E-state index contributed by atoms with van der Waals surface area (Å²) >= 11 is 5.82. The Bertz CT molecular complexity index is 926. The Morgan fingerprint density at radius 2 is 2.04 bits per heavy atom. The number of H-pyrrole nitrogens is 1. The Balaban J connectivity index is 1.94. The van der Waals surface area contributed by atoms with Crippen molar-refractivity contribution in [3.63, 3.8) is 0 Å². The van der Waals surface area contributed by atoms with Crippen molar-refractivity contribution < 1.29 is 14.0 Å². The first-order valence-electron chi connectivity index (χ1n) is 7.68. The van der Waals surface area contributed by atoms with Crippen LogP contribution in [0.4, 0.5) is 4.39 Å². The van der Waals surface area contributed by atoms with E-state index in [0.717, 1.165) is 12.5 Å². The third-order valence-electron chi connectivity index (χ3n) is 4.20. The van der Waals surface area contributed by atoms with E-state index in [0.29, 0.717) is 24.1 Å². The van der Waals surface area contributed by atoms with Crippen molar-refractivity contribution in [3.8, 4) is 0 Å². The lowest BCUT2D eigenvalue weighted by molar-refractivity contribution is 0.0928. The number of amides is 2. The molecule has 6 nitrogen and oxygen atoms in total. The van der Waals surface area contributed by atoms with E-state index in [1.807, 2.05) is 0 Å². The highest BCUT2D eigenvalue weighted by molar-refractivity contribution is 6.31. The van der Waals surface area contributed by atoms with Crippen LogP contribution in [-0.4, -0.2) is 16.8 Å². The SMILES string of the molecule is NC(=O)c1cc2c([nH]c1=O)CCCC2NC(=O)c1cc(Cl)ccc1F. The maximum absolute atomic E-state index is 13.9. The van der Waals surface area contributed by atoms with Crippen LogP contribution in [0.25, 0.3) is 0 Å². The summed E-state index contributed by atoms with van der Waals surface area (Å²) < 4.78 is 13.9. The van der Waals surface area contributed by atoms with Crippen molar-refractivity contribution in [2.45, 2.75) is 25.3 Å². The number of hydrogen-bond donors (Lipinski definition) is 3. The molecule has 0 saturated carbocycles. The number of rotatable bonds is 3. The summed E-state index contributed by atoms with van der Waals surface area (Å²) in [5.41, 5.74) is 5.56. The van der Waals surface area contributed by atoms with Crippen molar-refractivity contribution in [1.82, 2.24) is 10.3 Å². The number of aromatic amines is 1. The molecule has 1 heterocycles. The van der Waals surface area contributed by atoms with Gasteiger partial charge in [0.2, 0.25) is 0 Å². The van der Waals surface area contributed by atoms with Crippen molar-refractivity contribution in [2.75, 3.05) is 0 Å². The number of primary amides is 1. The van der Waals surface area contributed by atoms with Gasteiger partial charge in [-0.05, 0) is 49.1 Å². The molecule has 1 aliphatic carbocycles. The maximum atomic E-state index is 13.9. The minimum Gasteiger partial charge on any atom is -0.365 e. The summed E-state index contributed by atoms with van der Waals surface area (Å²) in [5.74, 6) is -2.15. The Kier molecular flexibility index (Phi) is 4.59. The van der Waals surface area contributed by atoms with Crippen molar-refractivity contribution in [1.29, 1.82) is 0 Å². The number of nitrogens with one attached hydrogen (secondary N) is 2. The molecule has 1 aromatic carbocycles. The molecule has 0 bridgehead atoms. The number of aromatic nitrogens is 1. The largest absolute Gasteiger partial charge is 0.365 e. The molecule has 1 aromatic heterocycles. The molecule has 0 radical (unpaired) electrons. The second kappa shape index (κ2) is 6.68. The fourth-order valence-electron chi connectivity index (χ4n) is 2.98. The van der Waals surface area contributed by atoms with Gasteiger partial charge in [0.05, 0.1) is 11.6 Å². The number of nitrogens with two attached hydrogens (primary N) is 1. The highest BCUT2D eigenvalue weighted by Gasteiger charge is 2.26. The van der Waals surface area contributed by atoms with Crippen LogP contribution < -0.4 is 16.6 Å². The van der Waals surface area contributed by atoms with E-state index >= 15 is 0 Å². The fourth-order valence-corrected chi connectivity index (χ4v) is 3.15. The Labute approximate surface area is 147 Å². The lowest BCUT2D eigenvalue weighted by atomic mass is 9.90. The van der Waals surface area contributed by atoms with Gasteiger partial charge in [-0.1, -0.05) is 11.6 Å². The quantitative estimate of drug-likeness (QED) is 0.777. The standard InChI is InChI=1S/C17H15ClFN3O3/c18-8-4-5-12(19)9(6-8)16(24)21-13-2-1-3-14-10(13)7-11(15(20)23)17(25)22-14/h4-7,13H,1-3H2,(H2,20,23)(H,21,24)(H,22,25).